The SMILES string of the molecule is O=C(NC1C2CCC(C2)C1CO)c1ccc(Br)o1. The molecule has 5 heteroatoms. The van der Waals surface area contributed by atoms with Crippen molar-refractivity contribution in [3.63, 3.8) is 0 Å². The fraction of sp³-hybridized carbons (Fsp3) is 0.615. The molecule has 0 saturated heterocycles. The van der Waals surface area contributed by atoms with Crippen LogP contribution in [0.25, 0.3) is 0 Å². The predicted octanol–water partition coefficient (Wildman–Crippen LogP) is 2.18. The van der Waals surface area contributed by atoms with E-state index in [1.54, 1.807) is 12.1 Å². The number of aliphatic hydroxyl groups is 1. The highest BCUT2D eigenvalue weighted by Gasteiger charge is 2.47. The number of carbonyl (C=O) groups is 1. The lowest BCUT2D eigenvalue weighted by atomic mass is 9.85. The number of fused-ring (bicyclic) bond motifs is 2. The van der Waals surface area contributed by atoms with Gasteiger partial charge in [0.25, 0.3) is 5.91 Å². The lowest BCUT2D eigenvalue weighted by Crippen LogP contribution is -2.45. The summed E-state index contributed by atoms with van der Waals surface area (Å²) in [6, 6.07) is 3.46. The lowest BCUT2D eigenvalue weighted by molar-refractivity contribution is 0.0833. The maximum absolute atomic E-state index is 12.0. The molecule has 2 aliphatic rings. The Morgan fingerprint density at radius 3 is 2.89 bits per heavy atom. The summed E-state index contributed by atoms with van der Waals surface area (Å²) in [5.41, 5.74) is 0. The van der Waals surface area contributed by atoms with Gasteiger partial charge in [0.05, 0.1) is 0 Å². The first-order valence-electron chi connectivity index (χ1n) is 6.36. The van der Waals surface area contributed by atoms with Crippen LogP contribution in [-0.2, 0) is 0 Å². The third-order valence-electron chi connectivity index (χ3n) is 4.39. The van der Waals surface area contributed by atoms with Crippen molar-refractivity contribution in [3.05, 3.63) is 22.6 Å². The first-order chi connectivity index (χ1) is 8.69. The number of aliphatic hydroxyl groups excluding tert-OH is 1. The minimum absolute atomic E-state index is 0.102. The summed E-state index contributed by atoms with van der Waals surface area (Å²) in [4.78, 5) is 12.0. The van der Waals surface area contributed by atoms with E-state index in [4.69, 9.17) is 4.42 Å². The Balaban J connectivity index is 1.71. The van der Waals surface area contributed by atoms with E-state index < -0.39 is 0 Å². The molecule has 4 unspecified atom stereocenters. The number of halogens is 1. The molecule has 4 nitrogen and oxygen atoms in total. The van der Waals surface area contributed by atoms with Crippen LogP contribution in [0.5, 0.6) is 0 Å². The zero-order valence-corrected chi connectivity index (χ0v) is 11.5. The van der Waals surface area contributed by atoms with Gasteiger partial charge in [-0.05, 0) is 59.2 Å². The maximum atomic E-state index is 12.0. The molecule has 2 N–H and O–H groups in total. The normalized spacial score (nSPS) is 33.9. The minimum Gasteiger partial charge on any atom is -0.444 e. The summed E-state index contributed by atoms with van der Waals surface area (Å²) >= 11 is 3.18. The Morgan fingerprint density at radius 2 is 2.22 bits per heavy atom. The van der Waals surface area contributed by atoms with Gasteiger partial charge in [-0.25, -0.2) is 0 Å². The molecular formula is C13H16BrNO3. The molecule has 3 rings (SSSR count). The van der Waals surface area contributed by atoms with E-state index >= 15 is 0 Å². The Kier molecular flexibility index (Phi) is 3.20. The van der Waals surface area contributed by atoms with Crippen LogP contribution >= 0.6 is 15.9 Å². The van der Waals surface area contributed by atoms with E-state index in [1.165, 1.54) is 6.42 Å². The van der Waals surface area contributed by atoms with Crippen LogP contribution in [-0.4, -0.2) is 23.7 Å². The summed E-state index contributed by atoms with van der Waals surface area (Å²) < 4.78 is 5.80. The summed E-state index contributed by atoms with van der Waals surface area (Å²) in [6.45, 7) is 0.161. The van der Waals surface area contributed by atoms with E-state index in [0.717, 1.165) is 12.8 Å². The average molecular weight is 314 g/mol. The van der Waals surface area contributed by atoms with Crippen molar-refractivity contribution in [3.8, 4) is 0 Å². The summed E-state index contributed by atoms with van der Waals surface area (Å²) in [5.74, 6) is 1.45. The molecule has 4 atom stereocenters. The molecule has 2 fully saturated rings. The summed E-state index contributed by atoms with van der Waals surface area (Å²) in [7, 11) is 0. The van der Waals surface area contributed by atoms with Gasteiger partial charge in [-0.3, -0.25) is 4.79 Å². The second kappa shape index (κ2) is 4.70. The van der Waals surface area contributed by atoms with Crippen LogP contribution in [0.3, 0.4) is 0 Å². The zero-order chi connectivity index (χ0) is 12.7. The van der Waals surface area contributed by atoms with Gasteiger partial charge >= 0.3 is 0 Å². The van der Waals surface area contributed by atoms with E-state index in [-0.39, 0.29) is 24.5 Å². The van der Waals surface area contributed by atoms with Crippen LogP contribution in [0.1, 0.15) is 29.8 Å². The van der Waals surface area contributed by atoms with Crippen LogP contribution in [0, 0.1) is 17.8 Å². The monoisotopic (exact) mass is 313 g/mol. The first kappa shape index (κ1) is 12.2. The highest BCUT2D eigenvalue weighted by Crippen LogP contribution is 2.48. The Morgan fingerprint density at radius 1 is 1.44 bits per heavy atom. The maximum Gasteiger partial charge on any atom is 0.287 e. The number of carbonyl (C=O) groups excluding carboxylic acids is 1. The molecule has 1 amide bonds. The van der Waals surface area contributed by atoms with Gasteiger partial charge in [0.15, 0.2) is 10.4 Å². The van der Waals surface area contributed by atoms with E-state index in [9.17, 15) is 9.90 Å². The van der Waals surface area contributed by atoms with Crippen LogP contribution in [0.2, 0.25) is 0 Å². The summed E-state index contributed by atoms with van der Waals surface area (Å²) in [6.07, 6.45) is 3.49. The predicted molar refractivity (Wildman–Crippen MR) is 69.1 cm³/mol. The second-order valence-electron chi connectivity index (χ2n) is 5.28. The molecule has 0 aliphatic heterocycles. The van der Waals surface area contributed by atoms with Gasteiger partial charge < -0.3 is 14.8 Å². The second-order valence-corrected chi connectivity index (χ2v) is 6.06. The standard InChI is InChI=1S/C13H16BrNO3/c14-11-4-3-10(18-11)13(17)15-12-8-2-1-7(5-8)9(12)6-16/h3-4,7-9,12,16H,1-2,5-6H2,(H,15,17). The molecular weight excluding hydrogens is 298 g/mol. The molecule has 98 valence electrons. The first-order valence-corrected chi connectivity index (χ1v) is 7.15. The molecule has 2 aliphatic carbocycles. The van der Waals surface area contributed by atoms with Crippen molar-refractivity contribution in [1.29, 1.82) is 0 Å². The number of amides is 1. The highest BCUT2D eigenvalue weighted by molar-refractivity contribution is 9.10. The molecule has 1 aromatic heterocycles. The minimum atomic E-state index is -0.184. The van der Waals surface area contributed by atoms with E-state index in [0.29, 0.717) is 22.3 Å². The summed E-state index contributed by atoms with van der Waals surface area (Å²) in [5, 5.41) is 12.5. The Labute approximate surface area is 114 Å². The number of furan rings is 1. The van der Waals surface area contributed by atoms with Crippen molar-refractivity contribution in [2.75, 3.05) is 6.61 Å². The van der Waals surface area contributed by atoms with Crippen LogP contribution < -0.4 is 5.32 Å². The Hall–Kier alpha value is -0.810. The zero-order valence-electron chi connectivity index (χ0n) is 9.93. The Bertz CT molecular complexity index is 459. The smallest absolute Gasteiger partial charge is 0.287 e. The largest absolute Gasteiger partial charge is 0.444 e. The fourth-order valence-corrected chi connectivity index (χ4v) is 3.86. The van der Waals surface area contributed by atoms with Gasteiger partial charge in [0, 0.05) is 18.6 Å². The van der Waals surface area contributed by atoms with Crippen molar-refractivity contribution in [1.82, 2.24) is 5.32 Å². The lowest BCUT2D eigenvalue weighted by Gasteiger charge is -2.30. The van der Waals surface area contributed by atoms with Crippen LogP contribution in [0.15, 0.2) is 21.2 Å². The van der Waals surface area contributed by atoms with Crippen LogP contribution in [0.4, 0.5) is 0 Å². The van der Waals surface area contributed by atoms with Gasteiger partial charge in [-0.15, -0.1) is 0 Å². The number of hydrogen-bond donors (Lipinski definition) is 2. The molecule has 1 aromatic rings. The van der Waals surface area contributed by atoms with Gasteiger partial charge in [-0.1, -0.05) is 0 Å². The third-order valence-corrected chi connectivity index (χ3v) is 4.82. The number of hydrogen-bond acceptors (Lipinski definition) is 3. The molecule has 0 radical (unpaired) electrons. The fourth-order valence-electron chi connectivity index (χ4n) is 3.56. The van der Waals surface area contributed by atoms with E-state index in [1.807, 2.05) is 0 Å². The molecule has 2 saturated carbocycles. The highest BCUT2D eigenvalue weighted by atomic mass is 79.9. The molecule has 0 spiro atoms. The van der Waals surface area contributed by atoms with Gasteiger partial charge in [0.1, 0.15) is 0 Å². The molecule has 2 bridgehead atoms. The topological polar surface area (TPSA) is 62.5 Å². The van der Waals surface area contributed by atoms with Gasteiger partial charge in [0.2, 0.25) is 0 Å². The average Bonchev–Trinajstić information content (AvgIpc) is 3.03. The molecule has 0 aromatic carbocycles. The van der Waals surface area contributed by atoms with Crippen molar-refractivity contribution in [2.24, 2.45) is 17.8 Å². The molecule has 1 heterocycles. The van der Waals surface area contributed by atoms with Crippen molar-refractivity contribution < 1.29 is 14.3 Å². The van der Waals surface area contributed by atoms with E-state index in [2.05, 4.69) is 21.2 Å². The number of nitrogens with one attached hydrogen (secondary N) is 1. The quantitative estimate of drug-likeness (QED) is 0.899. The third kappa shape index (κ3) is 1.99. The molecule has 18 heavy (non-hydrogen) atoms. The van der Waals surface area contributed by atoms with Gasteiger partial charge in [-0.2, -0.15) is 0 Å². The number of rotatable bonds is 3. The van der Waals surface area contributed by atoms with Crippen molar-refractivity contribution >= 4 is 21.8 Å². The van der Waals surface area contributed by atoms with Crippen molar-refractivity contribution in [2.45, 2.75) is 25.3 Å².